The predicted molar refractivity (Wildman–Crippen MR) is 112 cm³/mol. The Balaban J connectivity index is 1.44. The molecule has 0 aromatic heterocycles. The first-order valence-corrected chi connectivity index (χ1v) is 10.3. The van der Waals surface area contributed by atoms with Crippen LogP contribution in [0.5, 0.6) is 17.2 Å². The molecule has 3 heterocycles. The maximum absolute atomic E-state index is 6.41. The van der Waals surface area contributed by atoms with Gasteiger partial charge in [-0.05, 0) is 42.0 Å². The van der Waals surface area contributed by atoms with Gasteiger partial charge in [0.25, 0.3) is 0 Å². The molecule has 6 rings (SSSR count). The van der Waals surface area contributed by atoms with E-state index in [4.69, 9.17) is 19.3 Å². The number of hydrogen-bond acceptors (Lipinski definition) is 5. The predicted octanol–water partition coefficient (Wildman–Crippen LogP) is 5.42. The van der Waals surface area contributed by atoms with Gasteiger partial charge in [-0.25, -0.2) is 5.01 Å². The smallest absolute Gasteiger partial charge is 0.231 e. The summed E-state index contributed by atoms with van der Waals surface area (Å²) in [6.45, 7) is 0.255. The quantitative estimate of drug-likeness (QED) is 0.524. The van der Waals surface area contributed by atoms with Crippen LogP contribution in [0.25, 0.3) is 0 Å². The summed E-state index contributed by atoms with van der Waals surface area (Å²) in [6.07, 6.45) is 0.514. The molecule has 0 spiro atoms. The van der Waals surface area contributed by atoms with Gasteiger partial charge in [0.15, 0.2) is 11.5 Å². The SMILES string of the molecule is Brc1ccc(C2=NN3[C@@H](C2)c2ccccc2O[C@H]3c2ccc3c(c2)OCO3)cc1. The Morgan fingerprint density at radius 1 is 0.897 bits per heavy atom. The number of halogens is 1. The summed E-state index contributed by atoms with van der Waals surface area (Å²) in [7, 11) is 0. The first-order valence-electron chi connectivity index (χ1n) is 9.53. The van der Waals surface area contributed by atoms with Crippen LogP contribution in [0.4, 0.5) is 0 Å². The highest BCUT2D eigenvalue weighted by molar-refractivity contribution is 9.10. The summed E-state index contributed by atoms with van der Waals surface area (Å²) < 4.78 is 18.5. The van der Waals surface area contributed by atoms with Crippen molar-refractivity contribution in [2.75, 3.05) is 6.79 Å². The molecule has 0 saturated carbocycles. The van der Waals surface area contributed by atoms with Crippen molar-refractivity contribution < 1.29 is 14.2 Å². The van der Waals surface area contributed by atoms with Crippen LogP contribution in [-0.4, -0.2) is 17.5 Å². The molecule has 3 aliphatic rings. The highest BCUT2D eigenvalue weighted by atomic mass is 79.9. The third-order valence-electron chi connectivity index (χ3n) is 5.56. The summed E-state index contributed by atoms with van der Waals surface area (Å²) in [6, 6.07) is 22.6. The van der Waals surface area contributed by atoms with Crippen LogP contribution in [0.15, 0.2) is 76.3 Å². The van der Waals surface area contributed by atoms with Gasteiger partial charge in [-0.1, -0.05) is 46.3 Å². The molecule has 29 heavy (non-hydrogen) atoms. The summed E-state index contributed by atoms with van der Waals surface area (Å²) in [5.74, 6) is 2.42. The summed E-state index contributed by atoms with van der Waals surface area (Å²) in [5, 5.41) is 7.08. The zero-order chi connectivity index (χ0) is 19.4. The van der Waals surface area contributed by atoms with Crippen LogP contribution in [-0.2, 0) is 0 Å². The maximum Gasteiger partial charge on any atom is 0.231 e. The number of rotatable bonds is 2. The van der Waals surface area contributed by atoms with Crippen molar-refractivity contribution in [3.05, 3.63) is 87.9 Å². The standard InChI is InChI=1S/C23H17BrN2O3/c24-16-8-5-14(6-9-16)18-12-19-17-3-1-2-4-20(17)29-23(26(19)25-18)15-7-10-21-22(11-15)28-13-27-21/h1-11,19,23H,12-13H2/t19-,23-/m0/s1. The van der Waals surface area contributed by atoms with Crippen molar-refractivity contribution >= 4 is 21.6 Å². The van der Waals surface area contributed by atoms with Crippen LogP contribution in [0.1, 0.15) is 35.4 Å². The molecule has 3 aliphatic heterocycles. The van der Waals surface area contributed by atoms with Crippen molar-refractivity contribution in [2.45, 2.75) is 18.7 Å². The van der Waals surface area contributed by atoms with Gasteiger partial charge in [0.2, 0.25) is 13.0 Å². The fraction of sp³-hybridized carbons (Fsp3) is 0.174. The number of fused-ring (bicyclic) bond motifs is 4. The normalized spacial score (nSPS) is 21.3. The number of ether oxygens (including phenoxy) is 3. The van der Waals surface area contributed by atoms with E-state index in [0.717, 1.165) is 45.0 Å². The number of nitrogens with zero attached hydrogens (tertiary/aromatic N) is 2. The molecule has 0 aliphatic carbocycles. The lowest BCUT2D eigenvalue weighted by molar-refractivity contribution is -0.0191. The van der Waals surface area contributed by atoms with E-state index < -0.39 is 0 Å². The second-order valence-electron chi connectivity index (χ2n) is 7.27. The molecular formula is C23H17BrN2O3. The van der Waals surface area contributed by atoms with Crippen LogP contribution in [0.3, 0.4) is 0 Å². The molecule has 0 unspecified atom stereocenters. The third-order valence-corrected chi connectivity index (χ3v) is 6.09. The molecule has 0 fully saturated rings. The molecule has 0 radical (unpaired) electrons. The van der Waals surface area contributed by atoms with E-state index >= 15 is 0 Å². The van der Waals surface area contributed by atoms with Crippen LogP contribution >= 0.6 is 15.9 Å². The van der Waals surface area contributed by atoms with Gasteiger partial charge in [-0.3, -0.25) is 0 Å². The first kappa shape index (κ1) is 16.9. The summed E-state index contributed by atoms with van der Waals surface area (Å²) in [4.78, 5) is 0. The van der Waals surface area contributed by atoms with Gasteiger partial charge in [0.05, 0.1) is 11.8 Å². The molecule has 144 valence electrons. The van der Waals surface area contributed by atoms with Gasteiger partial charge in [-0.2, -0.15) is 5.10 Å². The minimum Gasteiger partial charge on any atom is -0.464 e. The summed E-state index contributed by atoms with van der Waals surface area (Å²) >= 11 is 3.51. The van der Waals surface area contributed by atoms with Gasteiger partial charge < -0.3 is 14.2 Å². The van der Waals surface area contributed by atoms with E-state index in [1.165, 1.54) is 5.56 Å². The molecule has 0 bridgehead atoms. The molecule has 0 amide bonds. The minimum atomic E-state index is -0.322. The maximum atomic E-state index is 6.41. The second kappa shape index (κ2) is 6.52. The lowest BCUT2D eigenvalue weighted by Gasteiger charge is -2.38. The van der Waals surface area contributed by atoms with Gasteiger partial charge in [0.1, 0.15) is 5.75 Å². The molecule has 0 N–H and O–H groups in total. The van der Waals surface area contributed by atoms with E-state index in [-0.39, 0.29) is 19.1 Å². The molecule has 0 saturated heterocycles. The average Bonchev–Trinajstić information content (AvgIpc) is 3.40. The lowest BCUT2D eigenvalue weighted by Crippen LogP contribution is -2.33. The summed E-state index contributed by atoms with van der Waals surface area (Å²) in [5.41, 5.74) is 4.35. The Hall–Kier alpha value is -2.99. The minimum absolute atomic E-state index is 0.133. The third kappa shape index (κ3) is 2.78. The average molecular weight is 449 g/mol. The highest BCUT2D eigenvalue weighted by Crippen LogP contribution is 2.48. The highest BCUT2D eigenvalue weighted by Gasteiger charge is 2.41. The van der Waals surface area contributed by atoms with Crippen molar-refractivity contribution in [3.63, 3.8) is 0 Å². The Labute approximate surface area is 176 Å². The Kier molecular flexibility index (Phi) is 3.81. The van der Waals surface area contributed by atoms with Crippen molar-refractivity contribution in [1.82, 2.24) is 5.01 Å². The fourth-order valence-corrected chi connectivity index (χ4v) is 4.40. The van der Waals surface area contributed by atoms with E-state index in [1.807, 2.05) is 30.3 Å². The number of para-hydroxylation sites is 1. The van der Waals surface area contributed by atoms with Crippen molar-refractivity contribution in [1.29, 1.82) is 0 Å². The number of hydrazone groups is 1. The van der Waals surface area contributed by atoms with Crippen molar-refractivity contribution in [3.8, 4) is 17.2 Å². The van der Waals surface area contributed by atoms with Crippen molar-refractivity contribution in [2.24, 2.45) is 5.10 Å². The van der Waals surface area contributed by atoms with E-state index in [2.05, 4.69) is 57.3 Å². The van der Waals surface area contributed by atoms with Gasteiger partial charge >= 0.3 is 0 Å². The molecule has 2 atom stereocenters. The number of benzene rings is 3. The molecule has 6 heteroatoms. The molecule has 3 aromatic carbocycles. The van der Waals surface area contributed by atoms with Gasteiger partial charge in [-0.15, -0.1) is 0 Å². The topological polar surface area (TPSA) is 43.3 Å². The first-order chi connectivity index (χ1) is 14.3. The van der Waals surface area contributed by atoms with Gasteiger partial charge in [0, 0.05) is 22.0 Å². The lowest BCUT2D eigenvalue weighted by atomic mass is 9.96. The van der Waals surface area contributed by atoms with E-state index in [0.29, 0.717) is 0 Å². The van der Waals surface area contributed by atoms with Crippen LogP contribution in [0, 0.1) is 0 Å². The fourth-order valence-electron chi connectivity index (χ4n) is 4.14. The van der Waals surface area contributed by atoms with E-state index in [1.54, 1.807) is 0 Å². The van der Waals surface area contributed by atoms with Crippen LogP contribution < -0.4 is 14.2 Å². The zero-order valence-electron chi connectivity index (χ0n) is 15.4. The second-order valence-corrected chi connectivity index (χ2v) is 8.19. The molecule has 3 aromatic rings. The van der Waals surface area contributed by atoms with E-state index in [9.17, 15) is 0 Å². The molecular weight excluding hydrogens is 432 g/mol. The van der Waals surface area contributed by atoms with Crippen LogP contribution in [0.2, 0.25) is 0 Å². The Morgan fingerprint density at radius 3 is 2.62 bits per heavy atom. The monoisotopic (exact) mass is 448 g/mol. The zero-order valence-corrected chi connectivity index (χ0v) is 17.0. The Bertz CT molecular complexity index is 1130. The Morgan fingerprint density at radius 2 is 1.72 bits per heavy atom. The molecule has 5 nitrogen and oxygen atoms in total. The number of hydrogen-bond donors (Lipinski definition) is 0. The largest absolute Gasteiger partial charge is 0.464 e.